The first-order valence-corrected chi connectivity index (χ1v) is 20.3. The smallest absolute Gasteiger partial charge is 0.344 e. The van der Waals surface area contributed by atoms with E-state index in [2.05, 4.69) is 62.5 Å². The summed E-state index contributed by atoms with van der Waals surface area (Å²) in [4.78, 5) is 41.5. The van der Waals surface area contributed by atoms with Gasteiger partial charge in [0.15, 0.2) is 23.6 Å². The molecule has 15 nitrogen and oxygen atoms in total. The Morgan fingerprint density at radius 1 is 0.700 bits per heavy atom. The molecule has 0 spiro atoms. The first kappa shape index (κ1) is 57.6. The van der Waals surface area contributed by atoms with Crippen molar-refractivity contribution in [3.63, 3.8) is 0 Å². The number of hydrogen-bond acceptors (Lipinski definition) is 13. The van der Waals surface area contributed by atoms with Gasteiger partial charge in [0, 0.05) is 25.6 Å². The lowest BCUT2D eigenvalue weighted by Crippen LogP contribution is -3.00. The van der Waals surface area contributed by atoms with Gasteiger partial charge >= 0.3 is 17.8 Å². The van der Waals surface area contributed by atoms with E-state index in [1.165, 1.54) is 6.07 Å². The molecule has 1 aromatic heterocycles. The number of fused-ring (bicyclic) bond motifs is 1. The fraction of sp³-hybridized carbons (Fsp3) is 0.375. The molecule has 5 N–H and O–H groups in total. The van der Waals surface area contributed by atoms with Gasteiger partial charge in [-0.15, -0.1) is 0 Å². The van der Waals surface area contributed by atoms with E-state index < -0.39 is 0 Å². The SMILES string of the molecule is CCOC(=O)CC(=Nc1cccc(OC)c1Br)OCC.CCOC(=[NH2+])CC(=O)OCC.CCOc1cc(=O)c2ccc(OC)c(Br)c2[nH]1.COc1cccc(N)c1Br.[B].[Cl-]. The Morgan fingerprint density at radius 2 is 1.22 bits per heavy atom. The van der Waals surface area contributed by atoms with E-state index in [0.717, 1.165) is 14.7 Å². The quantitative estimate of drug-likeness (QED) is 0.0540. The van der Waals surface area contributed by atoms with Gasteiger partial charge in [0.2, 0.25) is 0 Å². The minimum Gasteiger partial charge on any atom is -1.00 e. The highest BCUT2D eigenvalue weighted by atomic mass is 79.9. The molecule has 0 aliphatic carbocycles. The molecule has 0 unspecified atom stereocenters. The summed E-state index contributed by atoms with van der Waals surface area (Å²) in [7, 11) is 4.77. The van der Waals surface area contributed by atoms with Gasteiger partial charge in [-0.2, -0.15) is 0 Å². The van der Waals surface area contributed by atoms with Crippen molar-refractivity contribution in [1.29, 1.82) is 0 Å². The molecule has 0 aliphatic heterocycles. The third-order valence-electron chi connectivity index (χ3n) is 6.89. The molecule has 0 atom stereocenters. The van der Waals surface area contributed by atoms with Crippen LogP contribution < -0.4 is 47.9 Å². The molecule has 0 amide bonds. The lowest BCUT2D eigenvalue weighted by atomic mass is 10.2. The minimum atomic E-state index is -0.362. The Balaban J connectivity index is 0. The van der Waals surface area contributed by atoms with E-state index in [9.17, 15) is 14.4 Å². The third-order valence-corrected chi connectivity index (χ3v) is 9.32. The van der Waals surface area contributed by atoms with Gasteiger partial charge in [0.1, 0.15) is 23.7 Å². The van der Waals surface area contributed by atoms with E-state index in [4.69, 9.17) is 44.3 Å². The van der Waals surface area contributed by atoms with Gasteiger partial charge < -0.3 is 61.0 Å². The Morgan fingerprint density at radius 3 is 1.73 bits per heavy atom. The molecule has 0 saturated carbocycles. The number of hydrogen-bond donors (Lipinski definition) is 3. The van der Waals surface area contributed by atoms with Crippen LogP contribution in [0.4, 0.5) is 11.4 Å². The second kappa shape index (κ2) is 32.3. The van der Waals surface area contributed by atoms with E-state index in [1.54, 1.807) is 60.3 Å². The zero-order chi connectivity index (χ0) is 43.6. The maximum absolute atomic E-state index is 11.9. The van der Waals surface area contributed by atoms with E-state index >= 15 is 0 Å². The normalized spacial score (nSPS) is 9.88. The molecular weight excluding hydrogens is 998 g/mol. The minimum absolute atomic E-state index is 0. The van der Waals surface area contributed by atoms with Crippen LogP contribution in [-0.2, 0) is 28.5 Å². The van der Waals surface area contributed by atoms with Gasteiger partial charge in [-0.3, -0.25) is 14.4 Å². The number of anilines is 1. The summed E-state index contributed by atoms with van der Waals surface area (Å²) in [6.07, 6.45) is 0.0486. The summed E-state index contributed by atoms with van der Waals surface area (Å²) in [6.45, 7) is 11.1. The third kappa shape index (κ3) is 20.2. The number of ether oxygens (including phenoxy) is 8. The number of carbonyl (C=O) groups excluding carboxylic acids is 2. The van der Waals surface area contributed by atoms with Crippen LogP contribution >= 0.6 is 47.8 Å². The molecular formula is C40H52BBr3ClN4O11. The number of nitrogen functional groups attached to an aromatic ring is 1. The highest BCUT2D eigenvalue weighted by Gasteiger charge is 2.13. The van der Waals surface area contributed by atoms with Crippen molar-refractivity contribution in [3.8, 4) is 23.1 Å². The number of nitrogens with two attached hydrogens (primary N) is 2. The summed E-state index contributed by atoms with van der Waals surface area (Å²) in [5, 5.41) is 5.91. The number of benzene rings is 3. The Kier molecular flexibility index (Phi) is 31.1. The summed E-state index contributed by atoms with van der Waals surface area (Å²) in [5.74, 6) is 2.38. The van der Waals surface area contributed by atoms with Crippen molar-refractivity contribution in [2.75, 3.05) is 60.1 Å². The highest BCUT2D eigenvalue weighted by molar-refractivity contribution is 9.11. The summed E-state index contributed by atoms with van der Waals surface area (Å²) in [6, 6.07) is 15.9. The molecule has 3 aromatic carbocycles. The molecule has 329 valence electrons. The number of aromatic amines is 1. The molecule has 4 aromatic rings. The molecule has 60 heavy (non-hydrogen) atoms. The topological polar surface area (TPSA) is 205 Å². The van der Waals surface area contributed by atoms with Crippen molar-refractivity contribution >= 4 is 102 Å². The van der Waals surface area contributed by atoms with Crippen molar-refractivity contribution in [3.05, 3.63) is 78.2 Å². The molecule has 3 radical (unpaired) electrons. The number of methoxy groups -OCH3 is 3. The number of aliphatic imine (C=N–C) groups is 1. The fourth-order valence-corrected chi connectivity index (χ4v) is 5.96. The maximum Gasteiger partial charge on any atom is 0.344 e. The van der Waals surface area contributed by atoms with Gasteiger partial charge in [-0.25, -0.2) is 10.4 Å². The van der Waals surface area contributed by atoms with Gasteiger partial charge in [0.05, 0.1) is 79.0 Å². The van der Waals surface area contributed by atoms with Crippen LogP contribution in [0.2, 0.25) is 0 Å². The van der Waals surface area contributed by atoms with Gasteiger partial charge in [-0.1, -0.05) is 12.1 Å². The lowest BCUT2D eigenvalue weighted by Gasteiger charge is -2.09. The van der Waals surface area contributed by atoms with Crippen LogP contribution in [0.15, 0.2) is 77.8 Å². The second-order valence-corrected chi connectivity index (χ2v) is 13.3. The Bertz CT molecular complexity index is 2010. The standard InChI is InChI=1S/C14H18BrNO4.C12H12BrNO3.C7H8BrNO.C7H13NO3.B.ClH/c1-4-19-12(9-13(17)20-5-2)16-10-7-6-8-11(18-3)14(10)15;1-3-17-10-6-8(15)7-4-5-9(16-2)11(13)12(7)14-10;1-10-6-4-2-3-5(9)7(6)8;1-3-10-6(8)5-7(9)11-4-2;;/h6-8H,4-5,9H2,1-3H3;4-6H,3H2,1-2H3,(H,14,15);2-4H,9H2,1H3;8H,3-5H2,1-2H3;;1H. The largest absolute Gasteiger partial charge is 1.00 e. The number of aromatic nitrogens is 1. The predicted molar refractivity (Wildman–Crippen MR) is 241 cm³/mol. The zero-order valence-corrected chi connectivity index (χ0v) is 40.3. The zero-order valence-electron chi connectivity index (χ0n) is 34.8. The van der Waals surface area contributed by atoms with Crippen LogP contribution in [0.1, 0.15) is 47.5 Å². The van der Waals surface area contributed by atoms with Crippen LogP contribution in [0.5, 0.6) is 23.1 Å². The summed E-state index contributed by atoms with van der Waals surface area (Å²) >= 11 is 10.1. The predicted octanol–water partition coefficient (Wildman–Crippen LogP) is 3.97. The lowest BCUT2D eigenvalue weighted by molar-refractivity contribution is -0.154. The van der Waals surface area contributed by atoms with E-state index in [0.29, 0.717) is 83.1 Å². The molecule has 0 aliphatic rings. The number of pyridine rings is 1. The monoisotopic (exact) mass is 1050 g/mol. The number of carbonyl (C=O) groups is 2. The fourth-order valence-electron chi connectivity index (χ4n) is 4.41. The second-order valence-electron chi connectivity index (χ2n) is 10.9. The van der Waals surface area contributed by atoms with Crippen LogP contribution in [-0.4, -0.2) is 91.5 Å². The molecule has 0 bridgehead atoms. The molecule has 1 heterocycles. The van der Waals surface area contributed by atoms with Crippen LogP contribution in [0.25, 0.3) is 10.9 Å². The number of esters is 2. The number of rotatable bonds is 14. The Labute approximate surface area is 384 Å². The molecule has 20 heteroatoms. The molecule has 0 saturated heterocycles. The average molecular weight is 1050 g/mol. The van der Waals surface area contributed by atoms with Crippen molar-refractivity contribution in [2.24, 2.45) is 4.99 Å². The van der Waals surface area contributed by atoms with Gasteiger partial charge in [-0.05, 0) is 119 Å². The highest BCUT2D eigenvalue weighted by Crippen LogP contribution is 2.35. The number of nitrogens with zero attached hydrogens (tertiary/aromatic N) is 1. The van der Waals surface area contributed by atoms with Crippen molar-refractivity contribution in [1.82, 2.24) is 4.98 Å². The summed E-state index contributed by atoms with van der Waals surface area (Å²) in [5.41, 5.74) is 7.50. The van der Waals surface area contributed by atoms with Crippen molar-refractivity contribution < 1.29 is 65.3 Å². The van der Waals surface area contributed by atoms with Crippen molar-refractivity contribution in [2.45, 2.75) is 47.5 Å². The summed E-state index contributed by atoms with van der Waals surface area (Å²) < 4.78 is 42.7. The van der Waals surface area contributed by atoms with E-state index in [1.807, 2.05) is 44.2 Å². The first-order valence-electron chi connectivity index (χ1n) is 17.9. The van der Waals surface area contributed by atoms with Gasteiger partial charge in [0.25, 0.3) is 0 Å². The maximum atomic E-state index is 11.9. The number of halogens is 4. The Hall–Kier alpha value is -4.46. The first-order chi connectivity index (χ1) is 27.7. The average Bonchev–Trinajstić information content (AvgIpc) is 3.18. The number of nitrogens with one attached hydrogen (secondary N) is 1. The van der Waals surface area contributed by atoms with Crippen LogP contribution in [0.3, 0.4) is 0 Å². The van der Waals surface area contributed by atoms with E-state index in [-0.39, 0.29) is 56.9 Å². The molecule has 0 fully saturated rings. The number of H-pyrrole nitrogens is 1. The van der Waals surface area contributed by atoms with Crippen LogP contribution in [0, 0.1) is 0 Å². The molecule has 4 rings (SSSR count).